The fourth-order valence-corrected chi connectivity index (χ4v) is 3.18. The van der Waals surface area contributed by atoms with Gasteiger partial charge in [0.05, 0.1) is 17.3 Å². The Morgan fingerprint density at radius 2 is 1.83 bits per heavy atom. The number of nitrogens with zero attached hydrogens (tertiary/aromatic N) is 3. The fraction of sp³-hybridized carbons (Fsp3) is 0.368. The van der Waals surface area contributed by atoms with Crippen LogP contribution in [0.2, 0.25) is 0 Å². The van der Waals surface area contributed by atoms with Crippen LogP contribution in [0.5, 0.6) is 0 Å². The number of piperazine rings is 1. The van der Waals surface area contributed by atoms with Crippen molar-refractivity contribution >= 4 is 5.91 Å². The van der Waals surface area contributed by atoms with E-state index in [9.17, 15) is 4.79 Å². The Balaban J connectivity index is 1.82. The molecule has 0 aliphatic carbocycles. The van der Waals surface area contributed by atoms with E-state index in [0.29, 0.717) is 12.1 Å². The summed E-state index contributed by atoms with van der Waals surface area (Å²) >= 11 is 0. The minimum atomic E-state index is 0.0871. The van der Waals surface area contributed by atoms with E-state index in [2.05, 4.69) is 41.2 Å². The summed E-state index contributed by atoms with van der Waals surface area (Å²) in [5.74, 6) is 0.0871. The van der Waals surface area contributed by atoms with E-state index < -0.39 is 0 Å². The molecule has 1 amide bonds. The van der Waals surface area contributed by atoms with Gasteiger partial charge in [0.1, 0.15) is 0 Å². The number of rotatable bonds is 2. The van der Waals surface area contributed by atoms with Crippen molar-refractivity contribution in [2.24, 2.45) is 0 Å². The Bertz CT molecular complexity index is 699. The van der Waals surface area contributed by atoms with Crippen molar-refractivity contribution in [1.82, 2.24) is 14.8 Å². The average molecular weight is 309 g/mol. The van der Waals surface area contributed by atoms with Crippen LogP contribution in [0, 0.1) is 13.8 Å². The van der Waals surface area contributed by atoms with Crippen LogP contribution < -0.4 is 0 Å². The number of hydrogen-bond donors (Lipinski definition) is 0. The highest BCUT2D eigenvalue weighted by atomic mass is 16.2. The van der Waals surface area contributed by atoms with Crippen molar-refractivity contribution in [2.75, 3.05) is 26.7 Å². The van der Waals surface area contributed by atoms with Crippen LogP contribution >= 0.6 is 0 Å². The molecule has 1 saturated heterocycles. The first-order valence-corrected chi connectivity index (χ1v) is 8.05. The summed E-state index contributed by atoms with van der Waals surface area (Å²) in [6, 6.07) is 14.4. The molecule has 1 fully saturated rings. The molecule has 0 bridgehead atoms. The zero-order chi connectivity index (χ0) is 16.4. The first-order valence-electron chi connectivity index (χ1n) is 8.05. The van der Waals surface area contributed by atoms with Crippen LogP contribution in [0.3, 0.4) is 0 Å². The van der Waals surface area contributed by atoms with Crippen LogP contribution in [0.25, 0.3) is 0 Å². The van der Waals surface area contributed by atoms with E-state index in [1.165, 1.54) is 5.56 Å². The molecule has 0 spiro atoms. The highest BCUT2D eigenvalue weighted by Gasteiger charge is 2.29. The Morgan fingerprint density at radius 1 is 1.09 bits per heavy atom. The Hall–Kier alpha value is -2.20. The van der Waals surface area contributed by atoms with Crippen LogP contribution in [-0.4, -0.2) is 47.4 Å². The molecule has 2 aromatic rings. The summed E-state index contributed by atoms with van der Waals surface area (Å²) in [4.78, 5) is 21.6. The summed E-state index contributed by atoms with van der Waals surface area (Å²) in [5, 5.41) is 0. The third kappa shape index (κ3) is 3.27. The van der Waals surface area contributed by atoms with Gasteiger partial charge in [-0.1, -0.05) is 30.3 Å². The second kappa shape index (κ2) is 6.50. The summed E-state index contributed by atoms with van der Waals surface area (Å²) < 4.78 is 0. The monoisotopic (exact) mass is 309 g/mol. The second-order valence-electron chi connectivity index (χ2n) is 6.24. The van der Waals surface area contributed by atoms with Gasteiger partial charge < -0.3 is 4.90 Å². The highest BCUT2D eigenvalue weighted by molar-refractivity contribution is 5.95. The number of aromatic nitrogens is 1. The quantitative estimate of drug-likeness (QED) is 0.856. The normalized spacial score (nSPS) is 18.9. The van der Waals surface area contributed by atoms with Crippen LogP contribution in [0.15, 0.2) is 42.5 Å². The lowest BCUT2D eigenvalue weighted by molar-refractivity contribution is 0.0545. The first kappa shape index (κ1) is 15.7. The van der Waals surface area contributed by atoms with E-state index in [-0.39, 0.29) is 11.9 Å². The topological polar surface area (TPSA) is 36.4 Å². The zero-order valence-electron chi connectivity index (χ0n) is 14.0. The third-order valence-electron chi connectivity index (χ3n) is 4.58. The Morgan fingerprint density at radius 3 is 2.52 bits per heavy atom. The molecule has 1 aliphatic rings. The van der Waals surface area contributed by atoms with Crippen LogP contribution in [-0.2, 0) is 0 Å². The molecule has 0 radical (unpaired) electrons. The van der Waals surface area contributed by atoms with Gasteiger partial charge in [0.25, 0.3) is 5.91 Å². The molecule has 2 heterocycles. The van der Waals surface area contributed by atoms with Crippen molar-refractivity contribution in [3.8, 4) is 0 Å². The van der Waals surface area contributed by atoms with Crippen molar-refractivity contribution in [3.63, 3.8) is 0 Å². The number of likely N-dealkylation sites (N-methyl/N-ethyl adjacent to an activating group) is 1. The van der Waals surface area contributed by atoms with E-state index >= 15 is 0 Å². The molecule has 1 unspecified atom stereocenters. The van der Waals surface area contributed by atoms with E-state index in [0.717, 1.165) is 24.5 Å². The zero-order valence-corrected chi connectivity index (χ0v) is 14.0. The number of hydrogen-bond acceptors (Lipinski definition) is 3. The van der Waals surface area contributed by atoms with E-state index in [1.54, 1.807) is 0 Å². The molecule has 1 aromatic carbocycles. The number of carbonyl (C=O) groups excluding carboxylic acids is 1. The van der Waals surface area contributed by atoms with Crippen LogP contribution in [0.1, 0.15) is 33.4 Å². The lowest BCUT2D eigenvalue weighted by atomic mass is 10.0. The molecular formula is C19H23N3O. The standard InChI is InChI=1S/C19H23N3O/c1-14-9-10-17(15(2)20-14)19(23)22-12-11-21(3)18(13-22)16-7-5-4-6-8-16/h4-10,18H,11-13H2,1-3H3. The molecule has 1 aliphatic heterocycles. The van der Waals surface area contributed by atoms with Gasteiger partial charge in [0.2, 0.25) is 0 Å². The average Bonchev–Trinajstić information content (AvgIpc) is 2.55. The largest absolute Gasteiger partial charge is 0.335 e. The van der Waals surface area contributed by atoms with Crippen LogP contribution in [0.4, 0.5) is 0 Å². The van der Waals surface area contributed by atoms with Gasteiger partial charge in [-0.15, -0.1) is 0 Å². The van der Waals surface area contributed by atoms with Gasteiger partial charge in [-0.05, 0) is 38.6 Å². The molecular weight excluding hydrogens is 286 g/mol. The molecule has 3 rings (SSSR count). The van der Waals surface area contributed by atoms with Gasteiger partial charge >= 0.3 is 0 Å². The molecule has 120 valence electrons. The first-order chi connectivity index (χ1) is 11.1. The van der Waals surface area contributed by atoms with E-state index in [1.807, 2.05) is 36.9 Å². The number of amides is 1. The van der Waals surface area contributed by atoms with Gasteiger partial charge in [-0.2, -0.15) is 0 Å². The predicted molar refractivity (Wildman–Crippen MR) is 91.4 cm³/mol. The maximum atomic E-state index is 12.9. The maximum Gasteiger partial charge on any atom is 0.255 e. The lowest BCUT2D eigenvalue weighted by Crippen LogP contribution is -2.49. The fourth-order valence-electron chi connectivity index (χ4n) is 3.18. The molecule has 4 nitrogen and oxygen atoms in total. The smallest absolute Gasteiger partial charge is 0.255 e. The summed E-state index contributed by atoms with van der Waals surface area (Å²) in [6.07, 6.45) is 0. The number of aryl methyl sites for hydroxylation is 2. The van der Waals surface area contributed by atoms with Gasteiger partial charge in [-0.3, -0.25) is 14.7 Å². The Labute approximate surface area is 137 Å². The SMILES string of the molecule is Cc1ccc(C(=O)N2CCN(C)C(c3ccccc3)C2)c(C)n1. The molecule has 1 aromatic heterocycles. The number of benzene rings is 1. The predicted octanol–water partition coefficient (Wildman–Crippen LogP) is 2.83. The minimum absolute atomic E-state index is 0.0871. The van der Waals surface area contributed by atoms with Gasteiger partial charge in [0, 0.05) is 25.3 Å². The highest BCUT2D eigenvalue weighted by Crippen LogP contribution is 2.25. The molecule has 23 heavy (non-hydrogen) atoms. The van der Waals surface area contributed by atoms with E-state index in [4.69, 9.17) is 0 Å². The molecule has 4 heteroatoms. The number of carbonyl (C=O) groups is 1. The summed E-state index contributed by atoms with van der Waals surface area (Å²) in [6.45, 7) is 6.20. The minimum Gasteiger partial charge on any atom is -0.335 e. The van der Waals surface area contributed by atoms with Crippen molar-refractivity contribution in [3.05, 3.63) is 65.0 Å². The molecule has 0 N–H and O–H groups in total. The molecule has 1 atom stereocenters. The third-order valence-corrected chi connectivity index (χ3v) is 4.58. The maximum absolute atomic E-state index is 12.9. The summed E-state index contributed by atoms with van der Waals surface area (Å²) in [5.41, 5.74) is 3.72. The Kier molecular flexibility index (Phi) is 4.44. The molecule has 0 saturated carbocycles. The number of pyridine rings is 1. The van der Waals surface area contributed by atoms with Crippen molar-refractivity contribution in [1.29, 1.82) is 0 Å². The second-order valence-corrected chi connectivity index (χ2v) is 6.24. The van der Waals surface area contributed by atoms with Crippen molar-refractivity contribution < 1.29 is 4.79 Å². The van der Waals surface area contributed by atoms with Crippen molar-refractivity contribution in [2.45, 2.75) is 19.9 Å². The summed E-state index contributed by atoms with van der Waals surface area (Å²) in [7, 11) is 2.12. The van der Waals surface area contributed by atoms with Gasteiger partial charge in [0.15, 0.2) is 0 Å². The van der Waals surface area contributed by atoms with Gasteiger partial charge in [-0.25, -0.2) is 0 Å². The lowest BCUT2D eigenvalue weighted by Gasteiger charge is -2.39.